The molecule has 1 fully saturated rings. The number of rotatable bonds is 3. The minimum Gasteiger partial charge on any atom is -0.372 e. The van der Waals surface area contributed by atoms with Gasteiger partial charge in [-0.15, -0.1) is 0 Å². The van der Waals surface area contributed by atoms with Crippen LogP contribution in [-0.2, 0) is 6.54 Å². The molecule has 0 bridgehead atoms. The smallest absolute Gasteiger partial charge is 0.132 e. The van der Waals surface area contributed by atoms with E-state index in [4.69, 9.17) is 0 Å². The molecule has 0 aromatic heterocycles. The van der Waals surface area contributed by atoms with Gasteiger partial charge < -0.3 is 4.90 Å². The van der Waals surface area contributed by atoms with E-state index in [2.05, 4.69) is 64.4 Å². The lowest BCUT2D eigenvalue weighted by atomic mass is 9.77. The SMILES string of the molecule is N#CC(C#N)=C1C=C2C=C(N3CCN(Cc4ccccc4)CC3)CC[C@H]2CC1. The Balaban J connectivity index is 1.43. The summed E-state index contributed by atoms with van der Waals surface area (Å²) in [4.78, 5) is 5.07. The fourth-order valence-corrected chi connectivity index (χ4v) is 4.59. The molecule has 1 atom stereocenters. The second kappa shape index (κ2) is 8.46. The fourth-order valence-electron chi connectivity index (χ4n) is 4.59. The van der Waals surface area contributed by atoms with E-state index >= 15 is 0 Å². The molecule has 1 aromatic carbocycles. The summed E-state index contributed by atoms with van der Waals surface area (Å²) in [6, 6.07) is 14.8. The largest absolute Gasteiger partial charge is 0.372 e. The van der Waals surface area contributed by atoms with Crippen molar-refractivity contribution in [2.75, 3.05) is 26.2 Å². The zero-order chi connectivity index (χ0) is 19.3. The second-order valence-corrected chi connectivity index (χ2v) is 7.93. The first-order valence-corrected chi connectivity index (χ1v) is 10.2. The molecule has 28 heavy (non-hydrogen) atoms. The molecule has 1 aromatic rings. The van der Waals surface area contributed by atoms with Gasteiger partial charge in [0, 0.05) is 38.4 Å². The molecule has 1 aliphatic heterocycles. The summed E-state index contributed by atoms with van der Waals surface area (Å²) < 4.78 is 0. The fraction of sp³-hybridized carbons (Fsp3) is 0.417. The van der Waals surface area contributed by atoms with Gasteiger partial charge in [-0.2, -0.15) is 10.5 Å². The van der Waals surface area contributed by atoms with Crippen LogP contribution < -0.4 is 0 Å². The Morgan fingerprint density at radius 3 is 2.36 bits per heavy atom. The Morgan fingerprint density at radius 2 is 1.64 bits per heavy atom. The third kappa shape index (κ3) is 4.03. The highest BCUT2D eigenvalue weighted by Gasteiger charge is 2.27. The Bertz CT molecular complexity index is 871. The van der Waals surface area contributed by atoms with Crippen molar-refractivity contribution in [1.82, 2.24) is 9.80 Å². The number of hydrogen-bond acceptors (Lipinski definition) is 4. The third-order valence-electron chi connectivity index (χ3n) is 6.23. The maximum atomic E-state index is 9.17. The van der Waals surface area contributed by atoms with Crippen molar-refractivity contribution in [2.45, 2.75) is 32.2 Å². The van der Waals surface area contributed by atoms with E-state index in [1.54, 1.807) is 0 Å². The van der Waals surface area contributed by atoms with Crippen LogP contribution in [0.4, 0.5) is 0 Å². The quantitative estimate of drug-likeness (QED) is 0.750. The average molecular weight is 371 g/mol. The van der Waals surface area contributed by atoms with Crippen LogP contribution in [-0.4, -0.2) is 36.0 Å². The molecule has 0 N–H and O–H groups in total. The first kappa shape index (κ1) is 18.5. The minimum atomic E-state index is 0.279. The third-order valence-corrected chi connectivity index (χ3v) is 6.23. The van der Waals surface area contributed by atoms with Crippen molar-refractivity contribution in [3.05, 3.63) is 70.5 Å². The Kier molecular flexibility index (Phi) is 5.60. The zero-order valence-corrected chi connectivity index (χ0v) is 16.3. The van der Waals surface area contributed by atoms with Crippen LogP contribution in [0.15, 0.2) is 64.9 Å². The number of fused-ring (bicyclic) bond motifs is 1. The molecule has 0 saturated carbocycles. The summed E-state index contributed by atoms with van der Waals surface area (Å²) in [5.74, 6) is 0.588. The Labute approximate surface area is 167 Å². The van der Waals surface area contributed by atoms with E-state index in [-0.39, 0.29) is 5.57 Å². The molecule has 0 radical (unpaired) electrons. The van der Waals surface area contributed by atoms with Crippen LogP contribution in [0.25, 0.3) is 0 Å². The highest BCUT2D eigenvalue weighted by Crippen LogP contribution is 2.39. The van der Waals surface area contributed by atoms with Crippen molar-refractivity contribution < 1.29 is 0 Å². The molecule has 3 aliphatic rings. The van der Waals surface area contributed by atoms with Gasteiger partial charge in [0.2, 0.25) is 0 Å². The van der Waals surface area contributed by atoms with Crippen LogP contribution >= 0.6 is 0 Å². The normalized spacial score (nSPS) is 22.4. The predicted octanol–water partition coefficient (Wildman–Crippen LogP) is 4.16. The molecule has 4 rings (SSSR count). The lowest BCUT2D eigenvalue weighted by molar-refractivity contribution is 0.147. The molecule has 0 amide bonds. The number of piperazine rings is 1. The van der Waals surface area contributed by atoms with E-state index in [0.717, 1.165) is 57.6 Å². The second-order valence-electron chi connectivity index (χ2n) is 7.93. The van der Waals surface area contributed by atoms with Gasteiger partial charge in [-0.1, -0.05) is 36.4 Å². The van der Waals surface area contributed by atoms with Gasteiger partial charge in [-0.25, -0.2) is 0 Å². The van der Waals surface area contributed by atoms with Gasteiger partial charge in [0.05, 0.1) is 0 Å². The van der Waals surface area contributed by atoms with Gasteiger partial charge in [0.15, 0.2) is 0 Å². The molecule has 4 heteroatoms. The molecule has 0 spiro atoms. The van der Waals surface area contributed by atoms with E-state index in [1.807, 2.05) is 0 Å². The van der Waals surface area contributed by atoms with Gasteiger partial charge in [-0.3, -0.25) is 4.90 Å². The first-order chi connectivity index (χ1) is 13.8. The summed E-state index contributed by atoms with van der Waals surface area (Å²) in [5, 5.41) is 18.3. The number of allylic oxidation sites excluding steroid dienone is 6. The predicted molar refractivity (Wildman–Crippen MR) is 110 cm³/mol. The minimum absolute atomic E-state index is 0.279. The van der Waals surface area contributed by atoms with Crippen molar-refractivity contribution in [3.63, 3.8) is 0 Å². The van der Waals surface area contributed by atoms with Gasteiger partial charge >= 0.3 is 0 Å². The lowest BCUT2D eigenvalue weighted by Crippen LogP contribution is -2.45. The Hall–Kier alpha value is -2.82. The van der Waals surface area contributed by atoms with Crippen LogP contribution in [0.2, 0.25) is 0 Å². The number of hydrogen-bond donors (Lipinski definition) is 0. The molecule has 142 valence electrons. The monoisotopic (exact) mass is 370 g/mol. The summed E-state index contributed by atoms with van der Waals surface area (Å²) >= 11 is 0. The summed E-state index contributed by atoms with van der Waals surface area (Å²) in [6.45, 7) is 5.35. The highest BCUT2D eigenvalue weighted by molar-refractivity contribution is 5.49. The first-order valence-electron chi connectivity index (χ1n) is 10.2. The lowest BCUT2D eigenvalue weighted by Gasteiger charge is -2.40. The molecular formula is C24H26N4. The van der Waals surface area contributed by atoms with E-state index in [9.17, 15) is 10.5 Å². The van der Waals surface area contributed by atoms with Crippen LogP contribution in [0.5, 0.6) is 0 Å². The average Bonchev–Trinajstić information content (AvgIpc) is 2.75. The highest BCUT2D eigenvalue weighted by atomic mass is 15.3. The summed E-state index contributed by atoms with van der Waals surface area (Å²) in [5.41, 5.74) is 5.33. The van der Waals surface area contributed by atoms with Crippen LogP contribution in [0.1, 0.15) is 31.2 Å². The summed E-state index contributed by atoms with van der Waals surface area (Å²) in [7, 11) is 0. The number of nitrogens with zero attached hydrogens (tertiary/aromatic N) is 4. The van der Waals surface area contributed by atoms with Gasteiger partial charge in [0.25, 0.3) is 0 Å². The molecule has 1 saturated heterocycles. The summed E-state index contributed by atoms with van der Waals surface area (Å²) in [6.07, 6.45) is 8.69. The molecular weight excluding hydrogens is 344 g/mol. The van der Waals surface area contributed by atoms with Crippen molar-refractivity contribution in [2.24, 2.45) is 5.92 Å². The van der Waals surface area contributed by atoms with Crippen molar-refractivity contribution in [1.29, 1.82) is 10.5 Å². The van der Waals surface area contributed by atoms with E-state index in [0.29, 0.717) is 5.92 Å². The molecule has 2 aliphatic carbocycles. The van der Waals surface area contributed by atoms with Crippen molar-refractivity contribution in [3.8, 4) is 12.1 Å². The number of nitriles is 2. The number of benzene rings is 1. The van der Waals surface area contributed by atoms with Crippen LogP contribution in [0, 0.1) is 28.6 Å². The van der Waals surface area contributed by atoms with Gasteiger partial charge in [-0.05, 0) is 54.4 Å². The molecule has 1 heterocycles. The topological polar surface area (TPSA) is 54.1 Å². The van der Waals surface area contributed by atoms with E-state index < -0.39 is 0 Å². The van der Waals surface area contributed by atoms with Crippen molar-refractivity contribution >= 4 is 0 Å². The maximum Gasteiger partial charge on any atom is 0.132 e. The standard InChI is InChI=1S/C24H26N4/c25-16-23(17-26)21-7-6-20-8-9-24(15-22(20)14-21)28-12-10-27(11-13-28)18-19-4-2-1-3-5-19/h1-5,14-15,20H,6-13,18H2/t20-/m1/s1. The van der Waals surface area contributed by atoms with Crippen LogP contribution in [0.3, 0.4) is 0 Å². The Morgan fingerprint density at radius 1 is 0.929 bits per heavy atom. The molecule has 0 unspecified atom stereocenters. The maximum absolute atomic E-state index is 9.17. The van der Waals surface area contributed by atoms with Gasteiger partial charge in [0.1, 0.15) is 17.7 Å². The van der Waals surface area contributed by atoms with E-state index in [1.165, 1.54) is 23.3 Å². The zero-order valence-electron chi connectivity index (χ0n) is 16.3. The molecule has 4 nitrogen and oxygen atoms in total.